The fourth-order valence-electron chi connectivity index (χ4n) is 2.26. The van der Waals surface area contributed by atoms with Crippen LogP contribution in [0.5, 0.6) is 0 Å². The van der Waals surface area contributed by atoms with Gasteiger partial charge in [-0.15, -0.1) is 0 Å². The van der Waals surface area contributed by atoms with Crippen molar-refractivity contribution in [3.8, 4) is 0 Å². The van der Waals surface area contributed by atoms with Crippen molar-refractivity contribution in [2.45, 2.75) is 26.3 Å². The molecule has 0 saturated heterocycles. The van der Waals surface area contributed by atoms with Gasteiger partial charge in [-0.3, -0.25) is 10.1 Å². The van der Waals surface area contributed by atoms with Gasteiger partial charge in [-0.05, 0) is 31.9 Å². The lowest BCUT2D eigenvalue weighted by Crippen LogP contribution is -2.18. The van der Waals surface area contributed by atoms with Crippen LogP contribution in [-0.4, -0.2) is 11.0 Å². The summed E-state index contributed by atoms with van der Waals surface area (Å²) in [6.07, 6.45) is 0.878. The first kappa shape index (κ1) is 14.1. The van der Waals surface area contributed by atoms with Crippen molar-refractivity contribution in [2.24, 2.45) is 0 Å². The van der Waals surface area contributed by atoms with Crippen LogP contribution in [0.25, 0.3) is 0 Å². The van der Waals surface area contributed by atoms with Crippen LogP contribution in [0.15, 0.2) is 48.5 Å². The van der Waals surface area contributed by atoms with E-state index in [2.05, 4.69) is 24.4 Å². The van der Waals surface area contributed by atoms with E-state index in [1.165, 1.54) is 11.6 Å². The molecule has 0 aliphatic carbocycles. The zero-order valence-electron chi connectivity index (χ0n) is 11.7. The molecular weight excluding hydrogens is 252 g/mol. The van der Waals surface area contributed by atoms with Gasteiger partial charge in [0.05, 0.1) is 4.92 Å². The molecule has 0 aliphatic rings. The normalized spacial score (nSPS) is 11.9. The van der Waals surface area contributed by atoms with E-state index in [0.29, 0.717) is 5.56 Å². The molecule has 4 nitrogen and oxygen atoms in total. The molecule has 1 N–H and O–H groups in total. The number of nitrogens with zero attached hydrogens (tertiary/aromatic N) is 1. The van der Waals surface area contributed by atoms with Gasteiger partial charge >= 0.3 is 0 Å². The van der Waals surface area contributed by atoms with Gasteiger partial charge in [0.1, 0.15) is 0 Å². The summed E-state index contributed by atoms with van der Waals surface area (Å²) in [5.74, 6) is 0. The molecule has 0 radical (unpaired) electrons. The zero-order chi connectivity index (χ0) is 14.5. The van der Waals surface area contributed by atoms with Crippen LogP contribution < -0.4 is 5.32 Å². The molecular formula is C16H18N2O2. The van der Waals surface area contributed by atoms with E-state index in [-0.39, 0.29) is 16.7 Å². The average molecular weight is 270 g/mol. The molecule has 0 bridgehead atoms. The smallest absolute Gasteiger partial charge is 0.274 e. The van der Waals surface area contributed by atoms with Crippen LogP contribution in [0.1, 0.15) is 18.1 Å². The highest BCUT2D eigenvalue weighted by Gasteiger charge is 2.14. The lowest BCUT2D eigenvalue weighted by atomic mass is 10.1. The second kappa shape index (κ2) is 6.19. The molecule has 0 amide bonds. The number of anilines is 1. The molecule has 2 aromatic carbocycles. The van der Waals surface area contributed by atoms with Crippen LogP contribution >= 0.6 is 0 Å². The molecule has 2 aromatic rings. The standard InChI is InChI=1S/C16H18N2O2/c1-12(11-14-7-4-3-5-8-14)17-15-9-6-10-16(13(15)2)18(19)20/h3-10,12,17H,11H2,1-2H3. The van der Waals surface area contributed by atoms with Crippen molar-refractivity contribution < 1.29 is 4.92 Å². The zero-order valence-corrected chi connectivity index (χ0v) is 11.7. The molecule has 0 heterocycles. The van der Waals surface area contributed by atoms with Gasteiger partial charge < -0.3 is 5.32 Å². The fraction of sp³-hybridized carbons (Fsp3) is 0.250. The summed E-state index contributed by atoms with van der Waals surface area (Å²) in [7, 11) is 0. The van der Waals surface area contributed by atoms with E-state index in [0.717, 1.165) is 12.1 Å². The second-order valence-corrected chi connectivity index (χ2v) is 4.94. The maximum atomic E-state index is 10.9. The van der Waals surface area contributed by atoms with Gasteiger partial charge in [-0.25, -0.2) is 0 Å². The summed E-state index contributed by atoms with van der Waals surface area (Å²) < 4.78 is 0. The predicted octanol–water partition coefficient (Wildman–Crippen LogP) is 3.95. The molecule has 1 atom stereocenters. The largest absolute Gasteiger partial charge is 0.382 e. The Morgan fingerprint density at radius 2 is 1.85 bits per heavy atom. The molecule has 104 valence electrons. The van der Waals surface area contributed by atoms with Gasteiger partial charge in [0, 0.05) is 23.4 Å². The SMILES string of the molecule is Cc1c(NC(C)Cc2ccccc2)cccc1[N+](=O)[O-]. The Bertz CT molecular complexity index is 597. The van der Waals surface area contributed by atoms with E-state index in [9.17, 15) is 10.1 Å². The van der Waals surface area contributed by atoms with Gasteiger partial charge in [0.25, 0.3) is 5.69 Å². The fourth-order valence-corrected chi connectivity index (χ4v) is 2.26. The van der Waals surface area contributed by atoms with Crippen molar-refractivity contribution in [1.82, 2.24) is 0 Å². The maximum absolute atomic E-state index is 10.9. The van der Waals surface area contributed by atoms with Gasteiger partial charge in [0.15, 0.2) is 0 Å². The van der Waals surface area contributed by atoms with Crippen molar-refractivity contribution in [2.75, 3.05) is 5.32 Å². The second-order valence-electron chi connectivity index (χ2n) is 4.94. The lowest BCUT2D eigenvalue weighted by Gasteiger charge is -2.17. The van der Waals surface area contributed by atoms with Gasteiger partial charge in [-0.2, -0.15) is 0 Å². The van der Waals surface area contributed by atoms with Crippen LogP contribution in [-0.2, 0) is 6.42 Å². The first-order valence-electron chi connectivity index (χ1n) is 6.62. The van der Waals surface area contributed by atoms with Crippen molar-refractivity contribution in [1.29, 1.82) is 0 Å². The quantitative estimate of drug-likeness (QED) is 0.661. The minimum atomic E-state index is -0.345. The minimum absolute atomic E-state index is 0.155. The van der Waals surface area contributed by atoms with E-state index < -0.39 is 0 Å². The summed E-state index contributed by atoms with van der Waals surface area (Å²) in [5.41, 5.74) is 2.90. The summed E-state index contributed by atoms with van der Waals surface area (Å²) >= 11 is 0. The third-order valence-electron chi connectivity index (χ3n) is 3.29. The van der Waals surface area contributed by atoms with Crippen molar-refractivity contribution in [3.05, 3.63) is 69.8 Å². The van der Waals surface area contributed by atoms with E-state index in [1.807, 2.05) is 24.3 Å². The average Bonchev–Trinajstić information content (AvgIpc) is 2.42. The van der Waals surface area contributed by atoms with Crippen LogP contribution in [0, 0.1) is 17.0 Å². The van der Waals surface area contributed by atoms with E-state index in [1.54, 1.807) is 13.0 Å². The topological polar surface area (TPSA) is 55.2 Å². The summed E-state index contributed by atoms with van der Waals surface area (Å²) in [4.78, 5) is 10.6. The van der Waals surface area contributed by atoms with Crippen molar-refractivity contribution in [3.63, 3.8) is 0 Å². The van der Waals surface area contributed by atoms with E-state index in [4.69, 9.17) is 0 Å². The van der Waals surface area contributed by atoms with Crippen LogP contribution in [0.2, 0.25) is 0 Å². The molecule has 4 heteroatoms. The number of nitro groups is 1. The Balaban J connectivity index is 2.10. The van der Waals surface area contributed by atoms with Crippen molar-refractivity contribution >= 4 is 11.4 Å². The first-order chi connectivity index (χ1) is 9.58. The lowest BCUT2D eigenvalue weighted by molar-refractivity contribution is -0.385. The maximum Gasteiger partial charge on any atom is 0.274 e. The first-order valence-corrected chi connectivity index (χ1v) is 6.62. The molecule has 0 fully saturated rings. The van der Waals surface area contributed by atoms with Gasteiger partial charge in [-0.1, -0.05) is 36.4 Å². The highest BCUT2D eigenvalue weighted by atomic mass is 16.6. The number of nitro benzene ring substituents is 1. The Kier molecular flexibility index (Phi) is 4.35. The molecule has 20 heavy (non-hydrogen) atoms. The van der Waals surface area contributed by atoms with Crippen LogP contribution in [0.4, 0.5) is 11.4 Å². The third-order valence-corrected chi connectivity index (χ3v) is 3.29. The molecule has 2 rings (SSSR count). The Morgan fingerprint density at radius 1 is 1.15 bits per heavy atom. The van der Waals surface area contributed by atoms with E-state index >= 15 is 0 Å². The molecule has 1 unspecified atom stereocenters. The number of hydrogen-bond donors (Lipinski definition) is 1. The Hall–Kier alpha value is -2.36. The molecule has 0 spiro atoms. The Labute approximate surface area is 118 Å². The molecule has 0 aliphatic heterocycles. The van der Waals surface area contributed by atoms with Crippen LogP contribution in [0.3, 0.4) is 0 Å². The molecule has 0 aromatic heterocycles. The predicted molar refractivity (Wildman–Crippen MR) is 81.1 cm³/mol. The van der Waals surface area contributed by atoms with Gasteiger partial charge in [0.2, 0.25) is 0 Å². The monoisotopic (exact) mass is 270 g/mol. The number of hydrogen-bond acceptors (Lipinski definition) is 3. The minimum Gasteiger partial charge on any atom is -0.382 e. The third kappa shape index (κ3) is 3.35. The summed E-state index contributed by atoms with van der Waals surface area (Å²) in [6, 6.07) is 15.5. The summed E-state index contributed by atoms with van der Waals surface area (Å²) in [5, 5.41) is 14.3. The number of nitrogens with one attached hydrogen (secondary N) is 1. The summed E-state index contributed by atoms with van der Waals surface area (Å²) in [6.45, 7) is 3.85. The molecule has 0 saturated carbocycles. The highest BCUT2D eigenvalue weighted by Crippen LogP contribution is 2.25. The number of benzene rings is 2. The number of rotatable bonds is 5. The Morgan fingerprint density at radius 3 is 2.50 bits per heavy atom. The highest BCUT2D eigenvalue weighted by molar-refractivity contribution is 5.60.